The Bertz CT molecular complexity index is 714. The molecule has 3 rings (SSSR count). The van der Waals surface area contributed by atoms with E-state index in [1.807, 2.05) is 38.1 Å². The number of urea groups is 1. The maximum absolute atomic E-state index is 13.5. The van der Waals surface area contributed by atoms with Crippen molar-refractivity contribution in [2.75, 3.05) is 17.6 Å². The largest absolute Gasteiger partial charge is 0.323 e. The highest BCUT2D eigenvalue weighted by Gasteiger charge is 2.31. The van der Waals surface area contributed by atoms with Gasteiger partial charge in [-0.05, 0) is 42.7 Å². The van der Waals surface area contributed by atoms with E-state index < -0.39 is 0 Å². The van der Waals surface area contributed by atoms with E-state index in [4.69, 9.17) is 0 Å². The number of nitrogens with zero attached hydrogens (tertiary/aromatic N) is 1. The van der Waals surface area contributed by atoms with Gasteiger partial charge in [0.05, 0.1) is 0 Å². The van der Waals surface area contributed by atoms with Gasteiger partial charge in [0, 0.05) is 18.0 Å². The predicted octanol–water partition coefficient (Wildman–Crippen LogP) is 4.72. The molecule has 3 nitrogen and oxygen atoms in total. The molecule has 0 bridgehead atoms. The Kier molecular flexibility index (Phi) is 4.57. The Morgan fingerprint density at radius 2 is 1.91 bits per heavy atom. The summed E-state index contributed by atoms with van der Waals surface area (Å²) in [6, 6.07) is 12.3. The summed E-state index contributed by atoms with van der Waals surface area (Å²) >= 11 is 1.66. The molecule has 1 atom stereocenters. The van der Waals surface area contributed by atoms with Crippen LogP contribution < -0.4 is 5.32 Å². The summed E-state index contributed by atoms with van der Waals surface area (Å²) in [7, 11) is 0. The molecule has 23 heavy (non-hydrogen) atoms. The summed E-state index contributed by atoms with van der Waals surface area (Å²) in [6.07, 6.45) is 0. The van der Waals surface area contributed by atoms with Crippen molar-refractivity contribution < 1.29 is 9.18 Å². The number of halogens is 1. The molecule has 1 N–H and O–H groups in total. The third kappa shape index (κ3) is 3.34. The molecule has 2 aromatic rings. The first-order valence-electron chi connectivity index (χ1n) is 7.57. The van der Waals surface area contributed by atoms with Gasteiger partial charge < -0.3 is 10.2 Å². The number of thioether (sulfide) groups is 1. The van der Waals surface area contributed by atoms with E-state index in [0.717, 1.165) is 28.1 Å². The lowest BCUT2D eigenvalue weighted by Gasteiger charge is -2.25. The molecule has 0 aromatic heterocycles. The molecule has 2 aromatic carbocycles. The zero-order valence-electron chi connectivity index (χ0n) is 13.2. The van der Waals surface area contributed by atoms with Crippen molar-refractivity contribution >= 4 is 23.5 Å². The third-order valence-electron chi connectivity index (χ3n) is 4.00. The zero-order valence-corrected chi connectivity index (χ0v) is 14.0. The Labute approximate surface area is 139 Å². The van der Waals surface area contributed by atoms with E-state index >= 15 is 0 Å². The number of hydrogen-bond donors (Lipinski definition) is 1. The molecule has 1 aliphatic heterocycles. The van der Waals surface area contributed by atoms with Gasteiger partial charge in [0.15, 0.2) is 0 Å². The van der Waals surface area contributed by atoms with Crippen LogP contribution in [-0.4, -0.2) is 23.2 Å². The molecule has 0 saturated carbocycles. The molecule has 0 spiro atoms. The highest BCUT2D eigenvalue weighted by atomic mass is 32.2. The van der Waals surface area contributed by atoms with Crippen LogP contribution in [-0.2, 0) is 0 Å². The van der Waals surface area contributed by atoms with Crippen molar-refractivity contribution in [1.82, 2.24) is 4.90 Å². The van der Waals surface area contributed by atoms with Gasteiger partial charge in [-0.15, -0.1) is 11.8 Å². The van der Waals surface area contributed by atoms with Gasteiger partial charge >= 0.3 is 6.03 Å². The summed E-state index contributed by atoms with van der Waals surface area (Å²) in [6.45, 7) is 4.61. The molecule has 1 fully saturated rings. The van der Waals surface area contributed by atoms with Gasteiger partial charge in [-0.2, -0.15) is 0 Å². The summed E-state index contributed by atoms with van der Waals surface area (Å²) in [5.74, 6) is 0.576. The first kappa shape index (κ1) is 15.9. The molecule has 1 heterocycles. The van der Waals surface area contributed by atoms with Gasteiger partial charge in [0.25, 0.3) is 0 Å². The molecule has 0 aliphatic carbocycles. The Morgan fingerprint density at radius 1 is 1.22 bits per heavy atom. The van der Waals surface area contributed by atoms with Crippen LogP contribution in [0, 0.1) is 19.7 Å². The number of nitrogens with one attached hydrogen (secondary N) is 1. The fourth-order valence-corrected chi connectivity index (χ4v) is 4.05. The standard InChI is InChI=1S/C18H19FN2OS/c1-12-5-3-6-13(2)16(12)20-18(22)21-9-10-23-17(21)14-7-4-8-15(19)11-14/h3-8,11,17H,9-10H2,1-2H3,(H,20,22). The number of carbonyl (C=O) groups excluding carboxylic acids is 1. The lowest BCUT2D eigenvalue weighted by Crippen LogP contribution is -2.34. The molecule has 2 amide bonds. The number of aryl methyl sites for hydroxylation is 2. The molecule has 0 radical (unpaired) electrons. The minimum atomic E-state index is -0.273. The van der Waals surface area contributed by atoms with E-state index in [1.165, 1.54) is 12.1 Å². The number of anilines is 1. The first-order chi connectivity index (χ1) is 11.1. The van der Waals surface area contributed by atoms with E-state index in [0.29, 0.717) is 6.54 Å². The van der Waals surface area contributed by atoms with Gasteiger partial charge in [-0.3, -0.25) is 0 Å². The topological polar surface area (TPSA) is 32.3 Å². The molecule has 120 valence electrons. The molecular formula is C18H19FN2OS. The fraction of sp³-hybridized carbons (Fsp3) is 0.278. The second-order valence-corrected chi connectivity index (χ2v) is 6.86. The van der Waals surface area contributed by atoms with Crippen LogP contribution in [0.15, 0.2) is 42.5 Å². The average molecular weight is 330 g/mol. The summed E-state index contributed by atoms with van der Waals surface area (Å²) in [5, 5.41) is 2.87. The van der Waals surface area contributed by atoms with Crippen molar-refractivity contribution in [3.05, 3.63) is 65.0 Å². The predicted molar refractivity (Wildman–Crippen MR) is 93.2 cm³/mol. The minimum Gasteiger partial charge on any atom is -0.308 e. The normalized spacial score (nSPS) is 17.3. The first-order valence-corrected chi connectivity index (χ1v) is 8.62. The van der Waals surface area contributed by atoms with Crippen LogP contribution >= 0.6 is 11.8 Å². The van der Waals surface area contributed by atoms with Crippen molar-refractivity contribution in [2.45, 2.75) is 19.2 Å². The molecule has 5 heteroatoms. The van der Waals surface area contributed by atoms with Crippen molar-refractivity contribution in [3.63, 3.8) is 0 Å². The van der Waals surface area contributed by atoms with E-state index in [-0.39, 0.29) is 17.2 Å². The van der Waals surface area contributed by atoms with Crippen LogP contribution in [0.5, 0.6) is 0 Å². The van der Waals surface area contributed by atoms with Crippen LogP contribution in [0.2, 0.25) is 0 Å². The minimum absolute atomic E-state index is 0.137. The Hall–Kier alpha value is -2.01. The fourth-order valence-electron chi connectivity index (χ4n) is 2.80. The van der Waals surface area contributed by atoms with Crippen molar-refractivity contribution in [2.24, 2.45) is 0 Å². The molecule has 1 aliphatic rings. The maximum atomic E-state index is 13.5. The van der Waals surface area contributed by atoms with Gasteiger partial charge in [0.2, 0.25) is 0 Å². The number of para-hydroxylation sites is 1. The average Bonchev–Trinajstić information content (AvgIpc) is 3.00. The SMILES string of the molecule is Cc1cccc(C)c1NC(=O)N1CCSC1c1cccc(F)c1. The lowest BCUT2D eigenvalue weighted by atomic mass is 10.1. The monoisotopic (exact) mass is 330 g/mol. The number of hydrogen-bond acceptors (Lipinski definition) is 2. The number of amides is 2. The van der Waals surface area contributed by atoms with Crippen LogP contribution in [0.1, 0.15) is 22.1 Å². The molecular weight excluding hydrogens is 311 g/mol. The second kappa shape index (κ2) is 6.62. The smallest absolute Gasteiger partial charge is 0.308 e. The summed E-state index contributed by atoms with van der Waals surface area (Å²) in [4.78, 5) is 14.5. The van der Waals surface area contributed by atoms with Gasteiger partial charge in [-0.1, -0.05) is 30.3 Å². The van der Waals surface area contributed by atoms with E-state index in [2.05, 4.69) is 5.32 Å². The highest BCUT2D eigenvalue weighted by molar-refractivity contribution is 7.99. The van der Waals surface area contributed by atoms with Crippen LogP contribution in [0.25, 0.3) is 0 Å². The van der Waals surface area contributed by atoms with E-state index in [9.17, 15) is 9.18 Å². The van der Waals surface area contributed by atoms with Crippen LogP contribution in [0.4, 0.5) is 14.9 Å². The quantitative estimate of drug-likeness (QED) is 0.864. The van der Waals surface area contributed by atoms with Crippen molar-refractivity contribution in [3.8, 4) is 0 Å². The van der Waals surface area contributed by atoms with Gasteiger partial charge in [-0.25, -0.2) is 9.18 Å². The van der Waals surface area contributed by atoms with Crippen molar-refractivity contribution in [1.29, 1.82) is 0 Å². The second-order valence-electron chi connectivity index (χ2n) is 5.67. The highest BCUT2D eigenvalue weighted by Crippen LogP contribution is 2.38. The zero-order chi connectivity index (χ0) is 16.4. The Morgan fingerprint density at radius 3 is 2.61 bits per heavy atom. The Balaban J connectivity index is 1.81. The van der Waals surface area contributed by atoms with E-state index in [1.54, 1.807) is 22.7 Å². The maximum Gasteiger partial charge on any atom is 0.323 e. The third-order valence-corrected chi connectivity index (χ3v) is 5.26. The van der Waals surface area contributed by atoms with Gasteiger partial charge in [0.1, 0.15) is 11.2 Å². The molecule has 1 unspecified atom stereocenters. The number of benzene rings is 2. The summed E-state index contributed by atoms with van der Waals surface area (Å²) < 4.78 is 13.5. The number of rotatable bonds is 2. The molecule has 1 saturated heterocycles. The lowest BCUT2D eigenvalue weighted by molar-refractivity contribution is 0.214. The number of carbonyl (C=O) groups is 1. The van der Waals surface area contributed by atoms with Crippen LogP contribution in [0.3, 0.4) is 0 Å². The summed E-state index contributed by atoms with van der Waals surface area (Å²) in [5.41, 5.74) is 3.75.